The number of carbonyl (C=O) groups excluding carboxylic acids is 2. The highest BCUT2D eigenvalue weighted by molar-refractivity contribution is 7.91. The third kappa shape index (κ3) is 7.09. The normalized spacial score (nSPS) is 21.9. The molecule has 1 fully saturated rings. The second-order valence-electron chi connectivity index (χ2n) is 15.3. The number of ether oxygens (including phenoxy) is 1. The summed E-state index contributed by atoms with van der Waals surface area (Å²) in [4.78, 5) is 32.4. The van der Waals surface area contributed by atoms with Crippen LogP contribution in [0.3, 0.4) is 0 Å². The fourth-order valence-electron chi connectivity index (χ4n) is 7.76. The molecule has 2 aromatic heterocycles. The molecule has 11 nitrogen and oxygen atoms in total. The van der Waals surface area contributed by atoms with Crippen LogP contribution in [0.15, 0.2) is 60.8 Å². The van der Waals surface area contributed by atoms with Gasteiger partial charge in [-0.25, -0.2) is 26.9 Å². The first-order valence-electron chi connectivity index (χ1n) is 17.6. The van der Waals surface area contributed by atoms with E-state index in [0.717, 1.165) is 11.1 Å². The first-order chi connectivity index (χ1) is 25.0. The van der Waals surface area contributed by atoms with Crippen LogP contribution in [0.2, 0.25) is 0 Å². The highest BCUT2D eigenvalue weighted by atomic mass is 32.2. The van der Waals surface area contributed by atoms with Crippen LogP contribution in [-0.2, 0) is 44.7 Å². The molecule has 0 spiro atoms. The highest BCUT2D eigenvalue weighted by Crippen LogP contribution is 2.41. The highest BCUT2D eigenvalue weighted by Gasteiger charge is 2.39. The third-order valence-corrected chi connectivity index (χ3v) is 12.6. The number of aromatic amines is 1. The van der Waals surface area contributed by atoms with E-state index >= 15 is 8.78 Å². The number of benzene rings is 3. The summed E-state index contributed by atoms with van der Waals surface area (Å²) < 4.78 is 66.3. The Labute approximate surface area is 305 Å². The zero-order chi connectivity index (χ0) is 37.9. The maximum atomic E-state index is 15.7. The molecule has 1 saturated heterocycles. The van der Waals surface area contributed by atoms with Gasteiger partial charge in [0.2, 0.25) is 0 Å². The van der Waals surface area contributed by atoms with Crippen LogP contribution in [0.25, 0.3) is 22.3 Å². The fourth-order valence-corrected chi connectivity index (χ4v) is 9.76. The summed E-state index contributed by atoms with van der Waals surface area (Å²) in [5.74, 6) is -2.98. The Kier molecular flexibility index (Phi) is 9.26. The summed E-state index contributed by atoms with van der Waals surface area (Å²) in [6.07, 6.45) is 3.42. The van der Waals surface area contributed by atoms with E-state index in [9.17, 15) is 23.2 Å². The molecule has 4 bridgehead atoms. The lowest BCUT2D eigenvalue weighted by molar-refractivity contribution is -0.172. The van der Waals surface area contributed by atoms with Crippen molar-refractivity contribution < 1.29 is 36.7 Å². The molecule has 2 unspecified atom stereocenters. The van der Waals surface area contributed by atoms with Gasteiger partial charge in [-0.05, 0) is 73.4 Å². The number of aromatic nitrogens is 4. The number of sulfone groups is 1. The minimum Gasteiger partial charge on any atom is -0.454 e. The second kappa shape index (κ2) is 13.5. The van der Waals surface area contributed by atoms with Crippen molar-refractivity contribution in [1.82, 2.24) is 24.8 Å². The Balaban J connectivity index is 1.33. The van der Waals surface area contributed by atoms with Crippen LogP contribution in [-0.4, -0.2) is 61.8 Å². The smallest absolute Gasteiger partial charge is 0.257 e. The van der Waals surface area contributed by atoms with Crippen LogP contribution < -0.4 is 4.74 Å². The lowest BCUT2D eigenvalue weighted by Gasteiger charge is -2.31. The molecule has 7 rings (SSSR count). The average Bonchev–Trinajstić information content (AvgIpc) is 3.79. The lowest BCUT2D eigenvalue weighted by atomic mass is 9.75. The molecular formula is C39H41F2N5O6S. The zero-order valence-electron chi connectivity index (χ0n) is 29.9. The average molecular weight is 746 g/mol. The van der Waals surface area contributed by atoms with E-state index in [-0.39, 0.29) is 58.7 Å². The summed E-state index contributed by atoms with van der Waals surface area (Å²) in [6.45, 7) is 5.81. The Morgan fingerprint density at radius 2 is 1.83 bits per heavy atom. The number of amides is 2. The van der Waals surface area contributed by atoms with Crippen molar-refractivity contribution in [3.63, 3.8) is 0 Å². The van der Waals surface area contributed by atoms with E-state index in [1.54, 1.807) is 19.3 Å². The Hall–Kier alpha value is -4.95. The van der Waals surface area contributed by atoms with Crippen molar-refractivity contribution in [1.29, 1.82) is 0 Å². The predicted octanol–water partition coefficient (Wildman–Crippen LogP) is 6.81. The Bertz CT molecular complexity index is 2370. The van der Waals surface area contributed by atoms with Gasteiger partial charge < -0.3 is 9.72 Å². The minimum atomic E-state index is -3.62. The number of rotatable bonds is 3. The molecule has 0 aliphatic carbocycles. The number of imide groups is 1. The van der Waals surface area contributed by atoms with Gasteiger partial charge in [0.25, 0.3) is 11.8 Å². The van der Waals surface area contributed by atoms with Gasteiger partial charge in [-0.3, -0.25) is 14.8 Å². The number of fused-ring (bicyclic) bond motifs is 8. The van der Waals surface area contributed by atoms with E-state index in [1.807, 2.05) is 45.0 Å². The van der Waals surface area contributed by atoms with E-state index in [0.29, 0.717) is 41.6 Å². The number of H-pyrrole nitrogens is 1. The van der Waals surface area contributed by atoms with Crippen molar-refractivity contribution in [2.45, 2.75) is 64.7 Å². The zero-order valence-corrected chi connectivity index (χ0v) is 30.8. The van der Waals surface area contributed by atoms with E-state index in [2.05, 4.69) is 4.98 Å². The summed E-state index contributed by atoms with van der Waals surface area (Å²) in [6, 6.07) is 14.6. The number of hydroxylamine groups is 2. The molecule has 0 radical (unpaired) electrons. The van der Waals surface area contributed by atoms with Gasteiger partial charge >= 0.3 is 0 Å². The Morgan fingerprint density at radius 3 is 2.58 bits per heavy atom. The quantitative estimate of drug-likeness (QED) is 0.151. The van der Waals surface area contributed by atoms with Crippen LogP contribution in [0, 0.1) is 23.0 Å². The number of aryl methyl sites for hydroxylation is 2. The third-order valence-electron chi connectivity index (χ3n) is 10.6. The van der Waals surface area contributed by atoms with Crippen molar-refractivity contribution in [2.24, 2.45) is 18.4 Å². The summed E-state index contributed by atoms with van der Waals surface area (Å²) in [5, 5.41) is 15.4. The van der Waals surface area contributed by atoms with Gasteiger partial charge in [-0.1, -0.05) is 44.5 Å². The van der Waals surface area contributed by atoms with E-state index < -0.39 is 50.0 Å². The fraction of sp³-hybridized carbons (Fsp3) is 0.385. The standard InChI is InChI=1S/C39H41F2N5O6S/c1-38(2)13-6-14-39(3,25-8-5-7-23(18-25)17-24-19-33(47)46(49)36(24)48)37-43-35(45(4)44-37)29-20-26(9-10-30(29)40)52-34-28(12-16-53(50,51)22-38)27-11-15-42-32(27)21-31(34)41/h5,7-11,15,18,20-21,24,42,49H,6,12-14,16-17,19,22H2,1-4H3. The maximum Gasteiger partial charge on any atom is 0.257 e. The topological polar surface area (TPSA) is 147 Å². The van der Waals surface area contributed by atoms with E-state index in [1.165, 1.54) is 28.9 Å². The maximum absolute atomic E-state index is 15.7. The molecule has 278 valence electrons. The van der Waals surface area contributed by atoms with Crippen molar-refractivity contribution >= 4 is 32.6 Å². The number of hydrogen-bond acceptors (Lipinski definition) is 8. The molecular weight excluding hydrogens is 705 g/mol. The Morgan fingerprint density at radius 1 is 1.04 bits per heavy atom. The van der Waals surface area contributed by atoms with Gasteiger partial charge in [0.05, 0.1) is 28.4 Å². The first kappa shape index (κ1) is 36.4. The number of carbonyl (C=O) groups is 2. The molecule has 2 aliphatic heterocycles. The van der Waals surface area contributed by atoms with Crippen molar-refractivity contribution in [3.8, 4) is 22.9 Å². The summed E-state index contributed by atoms with van der Waals surface area (Å²) >= 11 is 0. The molecule has 14 heteroatoms. The molecule has 5 aromatic rings. The number of hydrogen-bond donors (Lipinski definition) is 2. The molecule has 2 atom stereocenters. The van der Waals surface area contributed by atoms with Crippen LogP contribution >= 0.6 is 0 Å². The second-order valence-corrected chi connectivity index (χ2v) is 17.5. The lowest BCUT2D eigenvalue weighted by Crippen LogP contribution is -2.29. The number of nitrogens with one attached hydrogen (secondary N) is 1. The molecule has 4 heterocycles. The van der Waals surface area contributed by atoms with Gasteiger partial charge in [-0.2, -0.15) is 10.2 Å². The van der Waals surface area contributed by atoms with Crippen LogP contribution in [0.1, 0.15) is 69.0 Å². The van der Waals surface area contributed by atoms with E-state index in [4.69, 9.17) is 14.8 Å². The number of halogens is 2. The largest absolute Gasteiger partial charge is 0.454 e. The molecule has 2 N–H and O–H groups in total. The predicted molar refractivity (Wildman–Crippen MR) is 193 cm³/mol. The summed E-state index contributed by atoms with van der Waals surface area (Å²) in [5.41, 5.74) is 1.08. The van der Waals surface area contributed by atoms with Crippen LogP contribution in [0.5, 0.6) is 11.5 Å². The van der Waals surface area contributed by atoms with Gasteiger partial charge in [0.1, 0.15) is 11.6 Å². The monoisotopic (exact) mass is 745 g/mol. The van der Waals surface area contributed by atoms with Crippen LogP contribution in [0.4, 0.5) is 8.78 Å². The van der Waals surface area contributed by atoms with Gasteiger partial charge in [-0.15, -0.1) is 0 Å². The molecule has 3 aromatic carbocycles. The van der Waals surface area contributed by atoms with Crippen molar-refractivity contribution in [2.75, 3.05) is 11.5 Å². The molecule has 2 amide bonds. The molecule has 0 saturated carbocycles. The van der Waals surface area contributed by atoms with Gasteiger partial charge in [0.15, 0.2) is 33.1 Å². The minimum absolute atomic E-state index is 0.00587. The van der Waals surface area contributed by atoms with Crippen molar-refractivity contribution in [3.05, 3.63) is 94.9 Å². The molecule has 2 aliphatic rings. The summed E-state index contributed by atoms with van der Waals surface area (Å²) in [7, 11) is -1.97. The molecule has 53 heavy (non-hydrogen) atoms. The SMILES string of the molecule is Cn1nc2nc1-c1cc(ccc1F)Oc1c(F)cc3[nH]ccc3c1CCS(=O)(=O)CC(C)(C)CCCC2(C)c1cccc(CC2CC(=O)N(O)C2=O)c1. The first-order valence-corrected chi connectivity index (χ1v) is 19.4. The number of nitrogens with zero attached hydrogens (tertiary/aromatic N) is 4. The van der Waals surface area contributed by atoms with Gasteiger partial charge in [0, 0.05) is 42.2 Å².